The first-order valence-electron chi connectivity index (χ1n) is 9.94. The molecule has 2 N–H and O–H groups in total. The Labute approximate surface area is 194 Å². The summed E-state index contributed by atoms with van der Waals surface area (Å²) in [5.74, 6) is 0.643. The van der Waals surface area contributed by atoms with Gasteiger partial charge >= 0.3 is 6.18 Å². The van der Waals surface area contributed by atoms with E-state index in [1.165, 1.54) is 23.1 Å². The fourth-order valence-electron chi connectivity index (χ4n) is 3.22. The molecule has 0 bridgehead atoms. The summed E-state index contributed by atoms with van der Waals surface area (Å²) >= 11 is 0. The minimum atomic E-state index is -4.16. The van der Waals surface area contributed by atoms with E-state index in [0.717, 1.165) is 32.8 Å². The quantitative estimate of drug-likeness (QED) is 0.217. The zero-order valence-corrected chi connectivity index (χ0v) is 20.0. The van der Waals surface area contributed by atoms with Crippen molar-refractivity contribution < 1.29 is 17.9 Å². The van der Waals surface area contributed by atoms with Gasteiger partial charge in [-0.05, 0) is 31.1 Å². The summed E-state index contributed by atoms with van der Waals surface area (Å²) in [6.07, 6.45) is -3.56. The smallest absolute Gasteiger partial charge is 0.379 e. The second-order valence-electron chi connectivity index (χ2n) is 7.22. The molecule has 30 heavy (non-hydrogen) atoms. The van der Waals surface area contributed by atoms with E-state index in [1.807, 2.05) is 12.1 Å². The van der Waals surface area contributed by atoms with Crippen LogP contribution in [0.3, 0.4) is 0 Å². The summed E-state index contributed by atoms with van der Waals surface area (Å²) in [7, 11) is 3.16. The number of guanidine groups is 1. The van der Waals surface area contributed by atoms with Gasteiger partial charge in [0.2, 0.25) is 0 Å². The number of benzene rings is 1. The maximum atomic E-state index is 12.3. The number of hydrogen-bond donors (Lipinski definition) is 2. The lowest BCUT2D eigenvalue weighted by Gasteiger charge is -2.27. The predicted molar refractivity (Wildman–Crippen MR) is 124 cm³/mol. The van der Waals surface area contributed by atoms with Gasteiger partial charge in [0.05, 0.1) is 19.8 Å². The minimum absolute atomic E-state index is 0. The molecule has 0 spiro atoms. The minimum Gasteiger partial charge on any atom is -0.379 e. The number of halogens is 4. The van der Waals surface area contributed by atoms with Gasteiger partial charge in [0, 0.05) is 39.8 Å². The van der Waals surface area contributed by atoms with Crippen LogP contribution in [-0.2, 0) is 17.8 Å². The molecule has 0 saturated carbocycles. The fourth-order valence-corrected chi connectivity index (χ4v) is 3.22. The average molecular weight is 543 g/mol. The second-order valence-corrected chi connectivity index (χ2v) is 7.22. The zero-order chi connectivity index (χ0) is 21.1. The number of aliphatic imine (C=N–C) groups is 1. The Morgan fingerprint density at radius 3 is 2.47 bits per heavy atom. The van der Waals surface area contributed by atoms with Crippen LogP contribution in [0.2, 0.25) is 0 Å². The van der Waals surface area contributed by atoms with E-state index in [2.05, 4.69) is 32.7 Å². The third-order valence-electron chi connectivity index (χ3n) is 4.74. The van der Waals surface area contributed by atoms with E-state index in [1.54, 1.807) is 7.05 Å². The van der Waals surface area contributed by atoms with Gasteiger partial charge in [-0.3, -0.25) is 14.8 Å². The molecule has 0 unspecified atom stereocenters. The van der Waals surface area contributed by atoms with Crippen molar-refractivity contribution in [2.45, 2.75) is 25.7 Å². The molecule has 0 atom stereocenters. The molecule has 1 heterocycles. The first-order valence-corrected chi connectivity index (χ1v) is 9.94. The highest BCUT2D eigenvalue weighted by Crippen LogP contribution is 2.15. The van der Waals surface area contributed by atoms with Crippen molar-refractivity contribution in [2.24, 2.45) is 4.99 Å². The number of hydrogen-bond acceptors (Lipinski definition) is 4. The number of alkyl halides is 3. The molecule has 0 aromatic heterocycles. The number of ether oxygens (including phenoxy) is 1. The van der Waals surface area contributed by atoms with Gasteiger partial charge in [-0.1, -0.05) is 24.3 Å². The van der Waals surface area contributed by atoms with Crippen molar-refractivity contribution in [1.82, 2.24) is 20.4 Å². The van der Waals surface area contributed by atoms with Crippen LogP contribution < -0.4 is 10.6 Å². The van der Waals surface area contributed by atoms with E-state index in [9.17, 15) is 13.2 Å². The molecule has 1 aliphatic heterocycles. The van der Waals surface area contributed by atoms with Crippen molar-refractivity contribution in [3.05, 3.63) is 35.4 Å². The Kier molecular flexibility index (Phi) is 12.6. The van der Waals surface area contributed by atoms with Crippen LogP contribution in [-0.4, -0.2) is 82.0 Å². The van der Waals surface area contributed by atoms with Crippen molar-refractivity contribution in [2.75, 3.05) is 60.0 Å². The molecule has 0 radical (unpaired) electrons. The topological polar surface area (TPSA) is 52.1 Å². The number of rotatable bonds is 9. The van der Waals surface area contributed by atoms with Crippen molar-refractivity contribution >= 4 is 29.9 Å². The van der Waals surface area contributed by atoms with Gasteiger partial charge in [-0.15, -0.1) is 24.0 Å². The van der Waals surface area contributed by atoms with Gasteiger partial charge in [0.15, 0.2) is 5.96 Å². The lowest BCUT2D eigenvalue weighted by Crippen LogP contribution is -2.39. The highest BCUT2D eigenvalue weighted by molar-refractivity contribution is 14.0. The highest BCUT2D eigenvalue weighted by atomic mass is 127. The van der Waals surface area contributed by atoms with E-state index < -0.39 is 12.7 Å². The van der Waals surface area contributed by atoms with Crippen molar-refractivity contribution in [3.63, 3.8) is 0 Å². The maximum absolute atomic E-state index is 12.3. The monoisotopic (exact) mass is 543 g/mol. The molecule has 10 heteroatoms. The van der Waals surface area contributed by atoms with Crippen LogP contribution in [0.1, 0.15) is 17.5 Å². The van der Waals surface area contributed by atoms with E-state index in [4.69, 9.17) is 4.74 Å². The highest BCUT2D eigenvalue weighted by Gasteiger charge is 2.28. The number of nitrogens with zero attached hydrogens (tertiary/aromatic N) is 3. The van der Waals surface area contributed by atoms with E-state index in [-0.39, 0.29) is 24.0 Å². The predicted octanol–water partition coefficient (Wildman–Crippen LogP) is 2.69. The standard InChI is InChI=1S/C20H32F3N5O.HI/c1-24-19(25-8-5-9-27(2)16-20(21,22)23)26-14-17-6-3-4-7-18(17)15-28-10-12-29-13-11-28;/h3-4,6-7H,5,8-16H2,1-2H3,(H2,24,25,26);1H. The normalized spacial score (nSPS) is 15.7. The zero-order valence-electron chi connectivity index (χ0n) is 17.7. The number of morpholine rings is 1. The Balaban J connectivity index is 0.00000450. The Bertz CT molecular complexity index is 639. The first kappa shape index (κ1) is 26.9. The summed E-state index contributed by atoms with van der Waals surface area (Å²) in [5.41, 5.74) is 2.47. The molecule has 0 aliphatic carbocycles. The first-order chi connectivity index (χ1) is 13.9. The molecule has 2 rings (SSSR count). The van der Waals surface area contributed by atoms with Gasteiger partial charge in [0.1, 0.15) is 0 Å². The Morgan fingerprint density at radius 1 is 1.17 bits per heavy atom. The SMILES string of the molecule is CN=C(NCCCN(C)CC(F)(F)F)NCc1ccccc1CN1CCOCC1.I. The molecule has 1 saturated heterocycles. The molecule has 1 aromatic carbocycles. The van der Waals surface area contributed by atoms with Crippen LogP contribution in [0, 0.1) is 0 Å². The van der Waals surface area contributed by atoms with Crippen molar-refractivity contribution in [1.29, 1.82) is 0 Å². The van der Waals surface area contributed by atoms with Gasteiger partial charge in [-0.2, -0.15) is 13.2 Å². The molecule has 172 valence electrons. The van der Waals surface area contributed by atoms with Crippen LogP contribution in [0.15, 0.2) is 29.3 Å². The summed E-state index contributed by atoms with van der Waals surface area (Å²) < 4.78 is 42.4. The second kappa shape index (κ2) is 14.0. The fraction of sp³-hybridized carbons (Fsp3) is 0.650. The summed E-state index contributed by atoms with van der Waals surface area (Å²) in [6.45, 7) is 4.97. The molecule has 1 aliphatic rings. The van der Waals surface area contributed by atoms with Crippen LogP contribution in [0.4, 0.5) is 13.2 Å². The molecule has 1 fully saturated rings. The average Bonchev–Trinajstić information content (AvgIpc) is 2.68. The van der Waals surface area contributed by atoms with Gasteiger partial charge < -0.3 is 15.4 Å². The lowest BCUT2D eigenvalue weighted by molar-refractivity contribution is -0.143. The van der Waals surface area contributed by atoms with E-state index >= 15 is 0 Å². The maximum Gasteiger partial charge on any atom is 0.401 e. The van der Waals surface area contributed by atoms with Gasteiger partial charge in [-0.25, -0.2) is 0 Å². The summed E-state index contributed by atoms with van der Waals surface area (Å²) in [4.78, 5) is 7.86. The molecule has 6 nitrogen and oxygen atoms in total. The number of nitrogens with one attached hydrogen (secondary N) is 2. The van der Waals surface area contributed by atoms with Gasteiger partial charge in [0.25, 0.3) is 0 Å². The molecular weight excluding hydrogens is 510 g/mol. The van der Waals surface area contributed by atoms with Crippen molar-refractivity contribution in [3.8, 4) is 0 Å². The van der Waals surface area contributed by atoms with Crippen LogP contribution in [0.25, 0.3) is 0 Å². The largest absolute Gasteiger partial charge is 0.401 e. The third kappa shape index (κ3) is 10.8. The van der Waals surface area contributed by atoms with E-state index in [0.29, 0.717) is 32.0 Å². The Hall–Kier alpha value is -1.11. The Morgan fingerprint density at radius 2 is 1.83 bits per heavy atom. The van der Waals surface area contributed by atoms with Crippen LogP contribution in [0.5, 0.6) is 0 Å². The lowest BCUT2D eigenvalue weighted by atomic mass is 10.1. The summed E-state index contributed by atoms with van der Waals surface area (Å²) in [5, 5.41) is 6.45. The third-order valence-corrected chi connectivity index (χ3v) is 4.74. The van der Waals surface area contributed by atoms with Crippen LogP contribution >= 0.6 is 24.0 Å². The molecular formula is C20H33F3IN5O. The molecule has 0 amide bonds. The molecule has 1 aromatic rings. The summed E-state index contributed by atoms with van der Waals surface area (Å²) in [6, 6.07) is 8.30.